The number of benzene rings is 3. The minimum atomic E-state index is 0.103. The van der Waals surface area contributed by atoms with Gasteiger partial charge in [-0.15, -0.1) is 0 Å². The van der Waals surface area contributed by atoms with E-state index in [-0.39, 0.29) is 12.1 Å². The van der Waals surface area contributed by atoms with Crippen molar-refractivity contribution in [3.8, 4) is 0 Å². The summed E-state index contributed by atoms with van der Waals surface area (Å²) in [5.41, 5.74) is 3.64. The zero-order chi connectivity index (χ0) is 16.2. The molecule has 0 radical (unpaired) electrons. The summed E-state index contributed by atoms with van der Waals surface area (Å²) in [4.78, 5) is 6.46. The number of rotatable bonds is 3. The predicted octanol–water partition coefficient (Wildman–Crippen LogP) is 5.70. The molecule has 1 aliphatic rings. The molecule has 0 saturated carbocycles. The van der Waals surface area contributed by atoms with Gasteiger partial charge in [0.15, 0.2) is 0 Å². The molecule has 2 atom stereocenters. The van der Waals surface area contributed by atoms with Gasteiger partial charge in [-0.1, -0.05) is 78.9 Å². The Hall–Kier alpha value is -2.58. The van der Waals surface area contributed by atoms with Gasteiger partial charge < -0.3 is 0 Å². The highest BCUT2D eigenvalue weighted by Crippen LogP contribution is 2.41. The third-order valence-electron chi connectivity index (χ3n) is 4.59. The summed E-state index contributed by atoms with van der Waals surface area (Å²) < 4.78 is 0. The molecule has 3 aromatic carbocycles. The Kier molecular flexibility index (Phi) is 4.30. The number of para-hydroxylation sites is 1. The van der Waals surface area contributed by atoms with E-state index in [2.05, 4.69) is 83.9 Å². The third kappa shape index (κ3) is 3.06. The van der Waals surface area contributed by atoms with Gasteiger partial charge in [-0.25, -0.2) is 5.06 Å². The molecule has 120 valence electrons. The Labute approximate surface area is 143 Å². The first kappa shape index (κ1) is 15.0. The number of hydrogen-bond donors (Lipinski definition) is 0. The van der Waals surface area contributed by atoms with Gasteiger partial charge in [-0.2, -0.15) is 0 Å². The van der Waals surface area contributed by atoms with Crippen LogP contribution in [0.2, 0.25) is 0 Å². The average molecular weight is 315 g/mol. The maximum atomic E-state index is 6.46. The minimum absolute atomic E-state index is 0.103. The molecule has 3 aromatic rings. The summed E-state index contributed by atoms with van der Waals surface area (Å²) in [6, 6.07) is 31.8. The molecule has 0 bridgehead atoms. The van der Waals surface area contributed by atoms with Crippen LogP contribution in [0.3, 0.4) is 0 Å². The molecule has 0 spiro atoms. The lowest BCUT2D eigenvalue weighted by molar-refractivity contribution is -0.0242. The third-order valence-corrected chi connectivity index (χ3v) is 4.59. The normalized spacial score (nSPS) is 20.8. The quantitative estimate of drug-likeness (QED) is 0.614. The van der Waals surface area contributed by atoms with E-state index < -0.39 is 0 Å². The highest BCUT2D eigenvalue weighted by molar-refractivity contribution is 5.46. The van der Waals surface area contributed by atoms with Crippen LogP contribution in [0.1, 0.15) is 36.1 Å². The van der Waals surface area contributed by atoms with Gasteiger partial charge in [-0.3, -0.25) is 4.84 Å². The second-order valence-electron chi connectivity index (χ2n) is 6.17. The van der Waals surface area contributed by atoms with Crippen LogP contribution in [0.15, 0.2) is 91.0 Å². The van der Waals surface area contributed by atoms with Crippen LogP contribution >= 0.6 is 0 Å². The lowest BCUT2D eigenvalue weighted by atomic mass is 9.95. The van der Waals surface area contributed by atoms with Crippen molar-refractivity contribution in [1.82, 2.24) is 0 Å². The number of hydroxylamine groups is 1. The molecule has 0 amide bonds. The molecule has 0 aromatic heterocycles. The molecule has 2 nitrogen and oxygen atoms in total. The average Bonchev–Trinajstić information content (AvgIpc) is 2.69. The summed E-state index contributed by atoms with van der Waals surface area (Å²) in [5.74, 6) is 0. The topological polar surface area (TPSA) is 12.5 Å². The zero-order valence-corrected chi connectivity index (χ0v) is 13.6. The van der Waals surface area contributed by atoms with Gasteiger partial charge in [0, 0.05) is 0 Å². The predicted molar refractivity (Wildman–Crippen MR) is 97.6 cm³/mol. The summed E-state index contributed by atoms with van der Waals surface area (Å²) in [6.07, 6.45) is 2.19. The summed E-state index contributed by atoms with van der Waals surface area (Å²) in [5, 5.41) is 2.09. The van der Waals surface area contributed by atoms with Crippen molar-refractivity contribution in [3.63, 3.8) is 0 Å². The van der Waals surface area contributed by atoms with Crippen molar-refractivity contribution in [1.29, 1.82) is 0 Å². The molecule has 2 unspecified atom stereocenters. The van der Waals surface area contributed by atoms with E-state index in [0.29, 0.717) is 0 Å². The molecule has 0 N–H and O–H groups in total. The summed E-state index contributed by atoms with van der Waals surface area (Å²) >= 11 is 0. The number of hydrogen-bond acceptors (Lipinski definition) is 2. The van der Waals surface area contributed by atoms with Crippen LogP contribution in [-0.4, -0.2) is 0 Å². The van der Waals surface area contributed by atoms with Crippen molar-refractivity contribution in [2.24, 2.45) is 0 Å². The Morgan fingerprint density at radius 3 is 1.79 bits per heavy atom. The fourth-order valence-corrected chi connectivity index (χ4v) is 3.38. The van der Waals surface area contributed by atoms with Crippen molar-refractivity contribution in [2.45, 2.75) is 25.0 Å². The van der Waals surface area contributed by atoms with E-state index >= 15 is 0 Å². The second kappa shape index (κ2) is 6.90. The monoisotopic (exact) mass is 315 g/mol. The Morgan fingerprint density at radius 2 is 1.17 bits per heavy atom. The standard InChI is InChI=1S/C22H21NO/c1-4-10-18(11-5-1)21-16-17-22(19-12-6-2-7-13-19)24-23(21)20-14-8-3-9-15-20/h1-15,21-22H,16-17H2. The Balaban J connectivity index is 1.67. The lowest BCUT2D eigenvalue weighted by Crippen LogP contribution is -2.35. The Morgan fingerprint density at radius 1 is 0.625 bits per heavy atom. The van der Waals surface area contributed by atoms with Crippen LogP contribution in [0.25, 0.3) is 0 Å². The lowest BCUT2D eigenvalue weighted by Gasteiger charge is -2.40. The van der Waals surface area contributed by atoms with Crippen molar-refractivity contribution in [3.05, 3.63) is 102 Å². The molecule has 1 saturated heterocycles. The molecule has 1 aliphatic heterocycles. The van der Waals surface area contributed by atoms with Gasteiger partial charge in [0.05, 0.1) is 11.7 Å². The summed E-state index contributed by atoms with van der Waals surface area (Å²) in [7, 11) is 0. The highest BCUT2D eigenvalue weighted by atomic mass is 16.7. The number of nitrogens with zero attached hydrogens (tertiary/aromatic N) is 1. The van der Waals surface area contributed by atoms with Gasteiger partial charge in [0.1, 0.15) is 6.10 Å². The number of anilines is 1. The molecular formula is C22H21NO. The van der Waals surface area contributed by atoms with Gasteiger partial charge >= 0.3 is 0 Å². The fourth-order valence-electron chi connectivity index (χ4n) is 3.38. The molecule has 24 heavy (non-hydrogen) atoms. The maximum absolute atomic E-state index is 6.46. The molecule has 1 fully saturated rings. The molecular weight excluding hydrogens is 294 g/mol. The first-order chi connectivity index (χ1) is 11.9. The molecule has 1 heterocycles. The smallest absolute Gasteiger partial charge is 0.111 e. The minimum Gasteiger partial charge on any atom is -0.265 e. The molecule has 4 rings (SSSR count). The first-order valence-corrected chi connectivity index (χ1v) is 8.53. The van der Waals surface area contributed by atoms with E-state index in [9.17, 15) is 0 Å². The summed E-state index contributed by atoms with van der Waals surface area (Å²) in [6.45, 7) is 0. The highest BCUT2D eigenvalue weighted by Gasteiger charge is 2.31. The zero-order valence-electron chi connectivity index (χ0n) is 13.6. The fraction of sp³-hybridized carbons (Fsp3) is 0.182. The first-order valence-electron chi connectivity index (χ1n) is 8.53. The van der Waals surface area contributed by atoms with Crippen molar-refractivity contribution >= 4 is 5.69 Å². The van der Waals surface area contributed by atoms with E-state index in [1.54, 1.807) is 0 Å². The van der Waals surface area contributed by atoms with Crippen molar-refractivity contribution in [2.75, 3.05) is 5.06 Å². The van der Waals surface area contributed by atoms with Crippen LogP contribution in [0, 0.1) is 0 Å². The Bertz CT molecular complexity index is 758. The van der Waals surface area contributed by atoms with Crippen LogP contribution in [0.4, 0.5) is 5.69 Å². The van der Waals surface area contributed by atoms with E-state index in [0.717, 1.165) is 18.5 Å². The molecule has 2 heteroatoms. The van der Waals surface area contributed by atoms with Crippen LogP contribution in [0.5, 0.6) is 0 Å². The maximum Gasteiger partial charge on any atom is 0.111 e. The SMILES string of the molecule is c1ccc(C2CCC(c3ccccc3)N(c3ccccc3)O2)cc1. The second-order valence-corrected chi connectivity index (χ2v) is 6.17. The van der Waals surface area contributed by atoms with Gasteiger partial charge in [0.2, 0.25) is 0 Å². The largest absolute Gasteiger partial charge is 0.265 e. The van der Waals surface area contributed by atoms with E-state index in [4.69, 9.17) is 4.84 Å². The molecule has 0 aliphatic carbocycles. The van der Waals surface area contributed by atoms with Crippen LogP contribution < -0.4 is 5.06 Å². The van der Waals surface area contributed by atoms with Gasteiger partial charge in [-0.05, 0) is 36.1 Å². The van der Waals surface area contributed by atoms with Gasteiger partial charge in [0.25, 0.3) is 0 Å². The van der Waals surface area contributed by atoms with E-state index in [1.165, 1.54) is 11.1 Å². The van der Waals surface area contributed by atoms with Crippen LogP contribution in [-0.2, 0) is 4.84 Å². The van der Waals surface area contributed by atoms with Crippen molar-refractivity contribution < 1.29 is 4.84 Å². The van der Waals surface area contributed by atoms with E-state index in [1.807, 2.05) is 12.1 Å².